The quantitative estimate of drug-likeness (QED) is 0.908. The smallest absolute Gasteiger partial charge is 0.321 e. The second-order valence-electron chi connectivity index (χ2n) is 4.92. The summed E-state index contributed by atoms with van der Waals surface area (Å²) in [6, 6.07) is 15.6. The average Bonchev–Trinajstić information content (AvgIpc) is 2.92. The lowest BCUT2D eigenvalue weighted by molar-refractivity contribution is 0.252. The summed E-state index contributed by atoms with van der Waals surface area (Å²) < 4.78 is 0. The van der Waals surface area contributed by atoms with Gasteiger partial charge in [-0.25, -0.2) is 4.79 Å². The van der Waals surface area contributed by atoms with E-state index in [1.54, 1.807) is 4.90 Å². The largest absolute Gasteiger partial charge is 0.381 e. The van der Waals surface area contributed by atoms with Crippen LogP contribution in [0.1, 0.15) is 5.56 Å². The van der Waals surface area contributed by atoms with Crippen LogP contribution < -0.4 is 15.5 Å². The van der Waals surface area contributed by atoms with Crippen molar-refractivity contribution >= 4 is 29.0 Å². The van der Waals surface area contributed by atoms with Gasteiger partial charge in [0.1, 0.15) is 0 Å². The van der Waals surface area contributed by atoms with Crippen LogP contribution >= 0.6 is 11.6 Å². The number of halogens is 1. The number of urea groups is 1. The summed E-state index contributed by atoms with van der Waals surface area (Å²) >= 11 is 5.98. The summed E-state index contributed by atoms with van der Waals surface area (Å²) in [5.41, 5.74) is 3.00. The first-order chi connectivity index (χ1) is 10.2. The molecule has 0 aromatic heterocycles. The molecule has 4 nitrogen and oxygen atoms in total. The van der Waals surface area contributed by atoms with E-state index in [1.807, 2.05) is 48.5 Å². The summed E-state index contributed by atoms with van der Waals surface area (Å²) in [5.74, 6) is 0. The van der Waals surface area contributed by atoms with Crippen molar-refractivity contribution in [2.75, 3.05) is 23.3 Å². The van der Waals surface area contributed by atoms with Gasteiger partial charge in [-0.2, -0.15) is 0 Å². The van der Waals surface area contributed by atoms with Gasteiger partial charge in [0.25, 0.3) is 0 Å². The molecule has 2 N–H and O–H groups in total. The van der Waals surface area contributed by atoms with Gasteiger partial charge < -0.3 is 10.6 Å². The minimum absolute atomic E-state index is 0.0398. The number of carbonyl (C=O) groups is 1. The summed E-state index contributed by atoms with van der Waals surface area (Å²) in [5, 5.41) is 6.89. The molecule has 0 bridgehead atoms. The summed E-state index contributed by atoms with van der Waals surface area (Å²) in [7, 11) is 0. The second-order valence-corrected chi connectivity index (χ2v) is 5.35. The Bertz CT molecular complexity index is 659. The molecule has 1 heterocycles. The molecule has 2 amide bonds. The van der Waals surface area contributed by atoms with E-state index in [0.717, 1.165) is 22.0 Å². The number of anilines is 2. The highest BCUT2D eigenvalue weighted by molar-refractivity contribution is 6.30. The molecule has 0 saturated carbocycles. The molecule has 0 aliphatic carbocycles. The monoisotopic (exact) mass is 301 g/mol. The summed E-state index contributed by atoms with van der Waals surface area (Å²) in [6.45, 7) is 2.09. The van der Waals surface area contributed by atoms with Crippen molar-refractivity contribution < 1.29 is 4.79 Å². The Balaban J connectivity index is 1.70. The van der Waals surface area contributed by atoms with E-state index >= 15 is 0 Å². The van der Waals surface area contributed by atoms with Gasteiger partial charge in [-0.15, -0.1) is 0 Å². The molecule has 3 rings (SSSR count). The zero-order valence-electron chi connectivity index (χ0n) is 11.5. The van der Waals surface area contributed by atoms with E-state index in [2.05, 4.69) is 10.6 Å². The van der Waals surface area contributed by atoms with Crippen LogP contribution in [-0.4, -0.2) is 19.1 Å². The molecule has 5 heteroatoms. The van der Waals surface area contributed by atoms with E-state index in [1.165, 1.54) is 0 Å². The number of amides is 2. The Morgan fingerprint density at radius 3 is 2.81 bits per heavy atom. The van der Waals surface area contributed by atoms with Crippen molar-refractivity contribution in [1.82, 2.24) is 5.32 Å². The van der Waals surface area contributed by atoms with Crippen molar-refractivity contribution in [2.45, 2.75) is 6.54 Å². The second kappa shape index (κ2) is 6.06. The van der Waals surface area contributed by atoms with Crippen molar-refractivity contribution in [3.63, 3.8) is 0 Å². The fourth-order valence-corrected chi connectivity index (χ4v) is 2.57. The molecule has 1 aliphatic rings. The molecular weight excluding hydrogens is 286 g/mol. The lowest BCUT2D eigenvalue weighted by Gasteiger charge is -2.16. The average molecular weight is 302 g/mol. The zero-order valence-corrected chi connectivity index (χ0v) is 12.2. The predicted molar refractivity (Wildman–Crippen MR) is 86.0 cm³/mol. The predicted octanol–water partition coefficient (Wildman–Crippen LogP) is 3.48. The molecule has 1 aliphatic heterocycles. The Labute approximate surface area is 128 Å². The first-order valence-electron chi connectivity index (χ1n) is 6.86. The lowest BCUT2D eigenvalue weighted by atomic mass is 10.2. The normalized spacial score (nSPS) is 14.1. The number of benzene rings is 2. The minimum Gasteiger partial charge on any atom is -0.381 e. The van der Waals surface area contributed by atoms with Crippen LogP contribution in [0.2, 0.25) is 5.02 Å². The van der Waals surface area contributed by atoms with Crippen LogP contribution in [0, 0.1) is 0 Å². The first-order valence-corrected chi connectivity index (χ1v) is 7.24. The molecule has 1 fully saturated rings. The third-order valence-electron chi connectivity index (χ3n) is 3.40. The Morgan fingerprint density at radius 2 is 2.05 bits per heavy atom. The van der Waals surface area contributed by atoms with Crippen LogP contribution in [0.15, 0.2) is 48.5 Å². The number of nitrogens with zero attached hydrogens (tertiary/aromatic N) is 1. The van der Waals surface area contributed by atoms with Crippen LogP contribution in [0.25, 0.3) is 0 Å². The first kappa shape index (κ1) is 13.8. The third-order valence-corrected chi connectivity index (χ3v) is 3.64. The number of hydrogen-bond acceptors (Lipinski definition) is 2. The minimum atomic E-state index is -0.0398. The van der Waals surface area contributed by atoms with E-state index in [-0.39, 0.29) is 6.03 Å². The molecule has 2 aromatic carbocycles. The van der Waals surface area contributed by atoms with Gasteiger partial charge in [-0.3, -0.25) is 4.90 Å². The molecule has 2 aromatic rings. The van der Waals surface area contributed by atoms with Crippen molar-refractivity contribution in [1.29, 1.82) is 0 Å². The molecule has 0 spiro atoms. The number of carbonyl (C=O) groups excluding carboxylic acids is 1. The maximum atomic E-state index is 11.7. The van der Waals surface area contributed by atoms with Crippen LogP contribution in [-0.2, 0) is 6.54 Å². The summed E-state index contributed by atoms with van der Waals surface area (Å²) in [6.07, 6.45) is 0. The van der Waals surface area contributed by atoms with E-state index < -0.39 is 0 Å². The Morgan fingerprint density at radius 1 is 1.19 bits per heavy atom. The third kappa shape index (κ3) is 3.28. The van der Waals surface area contributed by atoms with E-state index in [0.29, 0.717) is 19.6 Å². The van der Waals surface area contributed by atoms with Gasteiger partial charge in [0.15, 0.2) is 0 Å². The Kier molecular flexibility index (Phi) is 3.97. The molecular formula is C16H16ClN3O. The highest BCUT2D eigenvalue weighted by atomic mass is 35.5. The highest BCUT2D eigenvalue weighted by Crippen LogP contribution is 2.21. The summed E-state index contributed by atoms with van der Waals surface area (Å²) in [4.78, 5) is 13.4. The molecule has 21 heavy (non-hydrogen) atoms. The van der Waals surface area contributed by atoms with Gasteiger partial charge in [0, 0.05) is 36.0 Å². The van der Waals surface area contributed by atoms with Gasteiger partial charge in [0.05, 0.1) is 0 Å². The molecule has 108 valence electrons. The van der Waals surface area contributed by atoms with E-state index in [4.69, 9.17) is 11.6 Å². The van der Waals surface area contributed by atoms with Crippen molar-refractivity contribution in [3.8, 4) is 0 Å². The number of rotatable bonds is 4. The SMILES string of the molecule is O=C1NCCN1c1cccc(NCc2cccc(Cl)c2)c1. The van der Waals surface area contributed by atoms with Gasteiger partial charge in [-0.1, -0.05) is 29.8 Å². The van der Waals surface area contributed by atoms with Gasteiger partial charge in [-0.05, 0) is 35.9 Å². The molecule has 0 unspecified atom stereocenters. The van der Waals surface area contributed by atoms with E-state index in [9.17, 15) is 4.79 Å². The van der Waals surface area contributed by atoms with Crippen molar-refractivity contribution in [3.05, 3.63) is 59.1 Å². The molecule has 1 saturated heterocycles. The highest BCUT2D eigenvalue weighted by Gasteiger charge is 2.20. The van der Waals surface area contributed by atoms with Crippen LogP contribution in [0.5, 0.6) is 0 Å². The Hall–Kier alpha value is -2.20. The van der Waals surface area contributed by atoms with Gasteiger partial charge in [0.2, 0.25) is 0 Å². The van der Waals surface area contributed by atoms with Crippen LogP contribution in [0.3, 0.4) is 0 Å². The maximum Gasteiger partial charge on any atom is 0.321 e. The number of hydrogen-bond donors (Lipinski definition) is 2. The maximum absolute atomic E-state index is 11.7. The lowest BCUT2D eigenvalue weighted by Crippen LogP contribution is -2.27. The van der Waals surface area contributed by atoms with Crippen molar-refractivity contribution in [2.24, 2.45) is 0 Å². The molecule has 0 radical (unpaired) electrons. The molecule has 0 atom stereocenters. The standard InChI is InChI=1S/C16H16ClN3O/c17-13-4-1-3-12(9-13)11-19-14-5-2-6-15(10-14)20-8-7-18-16(20)21/h1-6,9-10,19H,7-8,11H2,(H,18,21). The topological polar surface area (TPSA) is 44.4 Å². The van der Waals surface area contributed by atoms with Crippen LogP contribution in [0.4, 0.5) is 16.2 Å². The van der Waals surface area contributed by atoms with Gasteiger partial charge >= 0.3 is 6.03 Å². The fourth-order valence-electron chi connectivity index (χ4n) is 2.35. The number of nitrogens with one attached hydrogen (secondary N) is 2. The zero-order chi connectivity index (χ0) is 14.7. The fraction of sp³-hybridized carbons (Fsp3) is 0.188.